The predicted octanol–water partition coefficient (Wildman–Crippen LogP) is 5.05. The maximum absolute atomic E-state index is 13.8. The van der Waals surface area contributed by atoms with Crippen molar-refractivity contribution in [1.82, 2.24) is 5.32 Å². The summed E-state index contributed by atoms with van der Waals surface area (Å²) in [6.07, 6.45) is 0. The van der Waals surface area contributed by atoms with Crippen LogP contribution < -0.4 is 5.32 Å². The van der Waals surface area contributed by atoms with Gasteiger partial charge in [0.2, 0.25) is 0 Å². The predicted molar refractivity (Wildman–Crippen MR) is 80.1 cm³/mol. The van der Waals surface area contributed by atoms with Gasteiger partial charge >= 0.3 is 0 Å². The van der Waals surface area contributed by atoms with E-state index >= 15 is 0 Å². The molecule has 0 amide bonds. The normalized spacial score (nSPS) is 14.3. The second-order valence-corrected chi connectivity index (χ2v) is 6.57. The topological polar surface area (TPSA) is 12.0 Å². The number of rotatable bonds is 4. The third-order valence-electron chi connectivity index (χ3n) is 3.48. The van der Waals surface area contributed by atoms with Gasteiger partial charge in [-0.05, 0) is 51.5 Å². The lowest BCUT2D eigenvalue weighted by molar-refractivity contribution is 0.449. The van der Waals surface area contributed by atoms with Crippen LogP contribution in [0, 0.1) is 25.5 Å². The third-order valence-corrected chi connectivity index (χ3v) is 4.46. The lowest BCUT2D eigenvalue weighted by Crippen LogP contribution is -2.24. The summed E-state index contributed by atoms with van der Waals surface area (Å²) < 4.78 is 27.5. The molecule has 2 rings (SSSR count). The molecule has 0 saturated carbocycles. The van der Waals surface area contributed by atoms with Crippen molar-refractivity contribution in [3.8, 4) is 0 Å². The van der Waals surface area contributed by atoms with E-state index in [0.29, 0.717) is 0 Å². The minimum Gasteiger partial charge on any atom is -0.303 e. The highest BCUT2D eigenvalue weighted by molar-refractivity contribution is 7.12. The molecular weight excluding hydrogens is 276 g/mol. The average molecular weight is 295 g/mol. The van der Waals surface area contributed by atoms with E-state index in [4.69, 9.17) is 0 Å². The Hall–Kier alpha value is -1.26. The van der Waals surface area contributed by atoms with Gasteiger partial charge in [-0.25, -0.2) is 8.78 Å². The highest BCUT2D eigenvalue weighted by Gasteiger charge is 2.19. The number of hydrogen-bond acceptors (Lipinski definition) is 2. The van der Waals surface area contributed by atoms with E-state index in [1.165, 1.54) is 33.5 Å². The van der Waals surface area contributed by atoms with Crippen molar-refractivity contribution in [3.63, 3.8) is 0 Å². The fraction of sp³-hybridized carbons (Fsp3) is 0.375. The first-order valence-electron chi connectivity index (χ1n) is 6.67. The Kier molecular flexibility index (Phi) is 4.55. The highest BCUT2D eigenvalue weighted by Crippen LogP contribution is 2.29. The molecule has 4 heteroatoms. The molecule has 108 valence electrons. The molecule has 0 spiro atoms. The second kappa shape index (κ2) is 6.02. The van der Waals surface area contributed by atoms with Gasteiger partial charge in [-0.2, -0.15) is 0 Å². The zero-order valence-electron chi connectivity index (χ0n) is 12.1. The SMILES string of the molecule is Cc1cc(C(C)NC(C)c2c(F)cccc2F)c(C)s1. The van der Waals surface area contributed by atoms with E-state index in [-0.39, 0.29) is 17.6 Å². The molecule has 1 aromatic carbocycles. The number of aryl methyl sites for hydroxylation is 2. The van der Waals surface area contributed by atoms with Crippen LogP contribution in [0.25, 0.3) is 0 Å². The molecule has 0 saturated heterocycles. The van der Waals surface area contributed by atoms with E-state index in [2.05, 4.69) is 25.2 Å². The third kappa shape index (κ3) is 3.07. The van der Waals surface area contributed by atoms with Crippen molar-refractivity contribution in [2.45, 2.75) is 39.8 Å². The van der Waals surface area contributed by atoms with Gasteiger partial charge in [0.15, 0.2) is 0 Å². The Bertz CT molecular complexity index is 586. The molecule has 0 fully saturated rings. The molecular formula is C16H19F2NS. The van der Waals surface area contributed by atoms with Crippen molar-refractivity contribution in [1.29, 1.82) is 0 Å². The molecule has 1 aromatic heterocycles. The van der Waals surface area contributed by atoms with Crippen LogP contribution in [0.15, 0.2) is 24.3 Å². The minimum absolute atomic E-state index is 0.0500. The quantitative estimate of drug-likeness (QED) is 0.831. The number of benzene rings is 1. The summed E-state index contributed by atoms with van der Waals surface area (Å²) in [6, 6.07) is 5.76. The molecule has 20 heavy (non-hydrogen) atoms. The fourth-order valence-electron chi connectivity index (χ4n) is 2.55. The standard InChI is InChI=1S/C16H19F2NS/c1-9-8-13(12(4)20-9)10(2)19-11(3)16-14(17)6-5-7-15(16)18/h5-8,10-11,19H,1-4H3. The monoisotopic (exact) mass is 295 g/mol. The zero-order valence-corrected chi connectivity index (χ0v) is 12.9. The van der Waals surface area contributed by atoms with E-state index in [0.717, 1.165) is 0 Å². The molecule has 1 N–H and O–H groups in total. The van der Waals surface area contributed by atoms with Crippen molar-refractivity contribution >= 4 is 11.3 Å². The van der Waals surface area contributed by atoms with Gasteiger partial charge in [0.05, 0.1) is 0 Å². The summed E-state index contributed by atoms with van der Waals surface area (Å²) >= 11 is 1.74. The Morgan fingerprint density at radius 2 is 1.65 bits per heavy atom. The fourth-order valence-corrected chi connectivity index (χ4v) is 3.58. The van der Waals surface area contributed by atoms with Crippen LogP contribution in [0.2, 0.25) is 0 Å². The zero-order chi connectivity index (χ0) is 14.9. The van der Waals surface area contributed by atoms with E-state index in [1.807, 2.05) is 6.92 Å². The van der Waals surface area contributed by atoms with E-state index in [9.17, 15) is 8.78 Å². The first kappa shape index (κ1) is 15.1. The molecule has 2 unspecified atom stereocenters. The van der Waals surface area contributed by atoms with Crippen molar-refractivity contribution in [2.24, 2.45) is 0 Å². The van der Waals surface area contributed by atoms with Gasteiger partial charge in [-0.3, -0.25) is 0 Å². The summed E-state index contributed by atoms with van der Waals surface area (Å²) in [6.45, 7) is 7.93. The Labute approximate surface area is 122 Å². The molecule has 1 nitrogen and oxygen atoms in total. The molecule has 0 aliphatic heterocycles. The lowest BCUT2D eigenvalue weighted by atomic mass is 10.0. The number of hydrogen-bond donors (Lipinski definition) is 1. The van der Waals surface area contributed by atoms with E-state index in [1.54, 1.807) is 18.3 Å². The lowest BCUT2D eigenvalue weighted by Gasteiger charge is -2.21. The van der Waals surface area contributed by atoms with Crippen molar-refractivity contribution in [2.75, 3.05) is 0 Å². The minimum atomic E-state index is -0.504. The average Bonchev–Trinajstić information content (AvgIpc) is 2.68. The molecule has 0 aliphatic rings. The number of thiophene rings is 1. The smallest absolute Gasteiger partial charge is 0.130 e. The first-order valence-corrected chi connectivity index (χ1v) is 7.48. The Morgan fingerprint density at radius 3 is 2.15 bits per heavy atom. The van der Waals surface area contributed by atoms with Crippen LogP contribution in [0.1, 0.15) is 46.8 Å². The van der Waals surface area contributed by atoms with Crippen LogP contribution in [0.4, 0.5) is 8.78 Å². The Balaban J connectivity index is 2.19. The van der Waals surface area contributed by atoms with Crippen molar-refractivity contribution < 1.29 is 8.78 Å². The van der Waals surface area contributed by atoms with Gasteiger partial charge in [-0.15, -0.1) is 11.3 Å². The molecule has 0 bridgehead atoms. The van der Waals surface area contributed by atoms with Gasteiger partial charge in [0, 0.05) is 27.4 Å². The van der Waals surface area contributed by atoms with Gasteiger partial charge < -0.3 is 5.32 Å². The first-order chi connectivity index (χ1) is 9.40. The molecule has 1 heterocycles. The summed E-state index contributed by atoms with van der Waals surface area (Å²) in [5.41, 5.74) is 1.29. The van der Waals surface area contributed by atoms with Crippen molar-refractivity contribution in [3.05, 3.63) is 56.8 Å². The molecule has 2 atom stereocenters. The van der Waals surface area contributed by atoms with Gasteiger partial charge in [0.1, 0.15) is 11.6 Å². The molecule has 2 aromatic rings. The largest absolute Gasteiger partial charge is 0.303 e. The van der Waals surface area contributed by atoms with Crippen LogP contribution in [-0.4, -0.2) is 0 Å². The second-order valence-electron chi connectivity index (χ2n) is 5.11. The van der Waals surface area contributed by atoms with Gasteiger partial charge in [-0.1, -0.05) is 6.07 Å². The summed E-state index contributed by atoms with van der Waals surface area (Å²) in [4.78, 5) is 2.49. The highest BCUT2D eigenvalue weighted by atomic mass is 32.1. The molecule has 0 aliphatic carbocycles. The number of halogens is 2. The Morgan fingerprint density at radius 1 is 1.05 bits per heavy atom. The van der Waals surface area contributed by atoms with Crippen LogP contribution >= 0.6 is 11.3 Å². The summed E-state index contributed by atoms with van der Waals surface area (Å²) in [5.74, 6) is -1.01. The number of nitrogens with one attached hydrogen (secondary N) is 1. The van der Waals surface area contributed by atoms with Crippen LogP contribution in [-0.2, 0) is 0 Å². The summed E-state index contributed by atoms with van der Waals surface area (Å²) in [7, 11) is 0. The van der Waals surface area contributed by atoms with Crippen LogP contribution in [0.3, 0.4) is 0 Å². The van der Waals surface area contributed by atoms with Gasteiger partial charge in [0.25, 0.3) is 0 Å². The van der Waals surface area contributed by atoms with Crippen LogP contribution in [0.5, 0.6) is 0 Å². The maximum atomic E-state index is 13.8. The summed E-state index contributed by atoms with van der Waals surface area (Å²) in [5, 5.41) is 3.27. The van der Waals surface area contributed by atoms with E-state index < -0.39 is 11.6 Å². The molecule has 0 radical (unpaired) electrons. The maximum Gasteiger partial charge on any atom is 0.130 e.